The number of rotatable bonds is 7. The second-order valence-electron chi connectivity index (χ2n) is 7.22. The average Bonchev–Trinajstić information content (AvgIpc) is 3.33. The van der Waals surface area contributed by atoms with Gasteiger partial charge in [0.25, 0.3) is 5.91 Å². The van der Waals surface area contributed by atoms with Crippen molar-refractivity contribution < 1.29 is 24.3 Å². The van der Waals surface area contributed by atoms with Gasteiger partial charge >= 0.3 is 5.97 Å². The predicted molar refractivity (Wildman–Crippen MR) is 117 cm³/mol. The summed E-state index contributed by atoms with van der Waals surface area (Å²) < 4.78 is 5.13. The number of methoxy groups -OCH3 is 1. The van der Waals surface area contributed by atoms with Crippen LogP contribution in [0.25, 0.3) is 0 Å². The summed E-state index contributed by atoms with van der Waals surface area (Å²) in [5, 5.41) is 16.0. The number of benzene rings is 2. The molecule has 8 nitrogen and oxygen atoms in total. The fourth-order valence-electron chi connectivity index (χ4n) is 3.32. The van der Waals surface area contributed by atoms with Gasteiger partial charge in [-0.3, -0.25) is 9.78 Å². The van der Waals surface area contributed by atoms with Crippen LogP contribution in [0.15, 0.2) is 72.0 Å². The maximum absolute atomic E-state index is 12.6. The molecule has 32 heavy (non-hydrogen) atoms. The zero-order chi connectivity index (χ0) is 22.5. The number of carbonyl (C=O) groups excluding carboxylic acids is 1. The van der Waals surface area contributed by atoms with Gasteiger partial charge in [0, 0.05) is 24.7 Å². The molecule has 4 rings (SSSR count). The number of oxime groups is 1. The second kappa shape index (κ2) is 9.30. The van der Waals surface area contributed by atoms with Crippen molar-refractivity contribution in [1.82, 2.24) is 10.3 Å². The van der Waals surface area contributed by atoms with E-state index in [0.29, 0.717) is 18.7 Å². The molecule has 0 saturated heterocycles. The molecule has 8 heteroatoms. The van der Waals surface area contributed by atoms with Gasteiger partial charge in [-0.1, -0.05) is 29.4 Å². The molecule has 0 radical (unpaired) electrons. The first kappa shape index (κ1) is 21.0. The van der Waals surface area contributed by atoms with Crippen LogP contribution < -0.4 is 10.1 Å². The highest BCUT2D eigenvalue weighted by Crippen LogP contribution is 2.29. The third kappa shape index (κ3) is 4.75. The smallest absolute Gasteiger partial charge is 0.335 e. The van der Waals surface area contributed by atoms with Crippen molar-refractivity contribution in [1.29, 1.82) is 0 Å². The highest BCUT2D eigenvalue weighted by molar-refractivity contribution is 6.03. The van der Waals surface area contributed by atoms with Gasteiger partial charge in [-0.25, -0.2) is 4.79 Å². The van der Waals surface area contributed by atoms with Gasteiger partial charge in [-0.05, 0) is 47.5 Å². The van der Waals surface area contributed by atoms with E-state index in [2.05, 4.69) is 15.5 Å². The van der Waals surface area contributed by atoms with Crippen LogP contribution in [0.2, 0.25) is 0 Å². The van der Waals surface area contributed by atoms with Crippen LogP contribution in [-0.4, -0.2) is 34.8 Å². The minimum absolute atomic E-state index is 0.215. The number of aromatic nitrogens is 1. The Balaban J connectivity index is 1.39. The number of nitrogens with one attached hydrogen (secondary N) is 1. The van der Waals surface area contributed by atoms with Gasteiger partial charge in [0.1, 0.15) is 11.4 Å². The van der Waals surface area contributed by atoms with Crippen LogP contribution >= 0.6 is 0 Å². The highest BCUT2D eigenvalue weighted by Gasteiger charge is 2.24. The van der Waals surface area contributed by atoms with Crippen LogP contribution in [0.1, 0.15) is 50.1 Å². The summed E-state index contributed by atoms with van der Waals surface area (Å²) in [6.07, 6.45) is 1.76. The number of amides is 1. The standard InChI is InChI=1S/C24H21N3O5/c1-31-19-8-2-15(3-9-19)14-26-23(28)21-12-18(10-11-25-21)20-13-22(32-27-20)16-4-6-17(7-5-16)24(29)30/h2-12,22H,13-14H2,1H3,(H,26,28)(H,29,30). The van der Waals surface area contributed by atoms with Crippen molar-refractivity contribution in [2.75, 3.05) is 7.11 Å². The monoisotopic (exact) mass is 431 g/mol. The number of hydrogen-bond donors (Lipinski definition) is 2. The normalized spacial score (nSPS) is 14.9. The van der Waals surface area contributed by atoms with Crippen molar-refractivity contribution in [3.8, 4) is 5.75 Å². The summed E-state index contributed by atoms with van der Waals surface area (Å²) >= 11 is 0. The van der Waals surface area contributed by atoms with E-state index in [-0.39, 0.29) is 23.3 Å². The van der Waals surface area contributed by atoms with Crippen LogP contribution in [0.4, 0.5) is 0 Å². The van der Waals surface area contributed by atoms with E-state index < -0.39 is 5.97 Å². The third-order valence-corrected chi connectivity index (χ3v) is 5.14. The maximum atomic E-state index is 12.6. The van der Waals surface area contributed by atoms with E-state index in [0.717, 1.165) is 22.4 Å². The Morgan fingerprint density at radius 2 is 1.88 bits per heavy atom. The second-order valence-corrected chi connectivity index (χ2v) is 7.22. The largest absolute Gasteiger partial charge is 0.497 e. The summed E-state index contributed by atoms with van der Waals surface area (Å²) in [5.41, 5.74) is 3.73. The van der Waals surface area contributed by atoms with Crippen molar-refractivity contribution in [3.63, 3.8) is 0 Å². The number of carboxylic acid groups (broad SMARTS) is 1. The molecular weight excluding hydrogens is 410 g/mol. The third-order valence-electron chi connectivity index (χ3n) is 5.14. The fraction of sp³-hybridized carbons (Fsp3) is 0.167. The summed E-state index contributed by atoms with van der Waals surface area (Å²) in [6.45, 7) is 0.368. The average molecular weight is 431 g/mol. The lowest BCUT2D eigenvalue weighted by atomic mass is 9.99. The van der Waals surface area contributed by atoms with Gasteiger partial charge in [0.15, 0.2) is 6.10 Å². The molecule has 162 valence electrons. The number of nitrogens with zero attached hydrogens (tertiary/aromatic N) is 2. The number of pyridine rings is 1. The van der Waals surface area contributed by atoms with E-state index in [4.69, 9.17) is 14.7 Å². The molecule has 1 amide bonds. The summed E-state index contributed by atoms with van der Waals surface area (Å²) in [4.78, 5) is 33.3. The van der Waals surface area contributed by atoms with Crippen molar-refractivity contribution in [2.45, 2.75) is 19.1 Å². The molecule has 2 aromatic carbocycles. The highest BCUT2D eigenvalue weighted by atomic mass is 16.6. The zero-order valence-corrected chi connectivity index (χ0v) is 17.3. The number of aromatic carboxylic acids is 1. The van der Waals surface area contributed by atoms with Gasteiger partial charge < -0.3 is 20.0 Å². The molecule has 3 aromatic rings. The number of carbonyl (C=O) groups is 2. The fourth-order valence-corrected chi connectivity index (χ4v) is 3.32. The molecule has 2 N–H and O–H groups in total. The van der Waals surface area contributed by atoms with Crippen LogP contribution in [-0.2, 0) is 11.4 Å². The predicted octanol–water partition coefficient (Wildman–Crippen LogP) is 3.58. The molecule has 0 bridgehead atoms. The first-order chi connectivity index (χ1) is 15.5. The summed E-state index contributed by atoms with van der Waals surface area (Å²) in [5.74, 6) is -0.511. The van der Waals surface area contributed by atoms with Crippen LogP contribution in [0.5, 0.6) is 5.75 Å². The minimum Gasteiger partial charge on any atom is -0.497 e. The summed E-state index contributed by atoms with van der Waals surface area (Å²) in [7, 11) is 1.60. The Bertz CT molecular complexity index is 1160. The lowest BCUT2D eigenvalue weighted by Crippen LogP contribution is -2.24. The molecule has 0 saturated carbocycles. The molecule has 1 aromatic heterocycles. The molecule has 1 unspecified atom stereocenters. The molecule has 0 aliphatic carbocycles. The SMILES string of the molecule is COc1ccc(CNC(=O)c2cc(C3=NOC(c4ccc(C(=O)O)cc4)C3)ccn2)cc1. The Morgan fingerprint density at radius 3 is 2.56 bits per heavy atom. The van der Waals surface area contributed by atoms with Crippen molar-refractivity contribution in [3.05, 3.63) is 94.8 Å². The van der Waals surface area contributed by atoms with E-state index in [9.17, 15) is 9.59 Å². The Kier molecular flexibility index (Phi) is 6.12. The summed E-state index contributed by atoms with van der Waals surface area (Å²) in [6, 6.07) is 17.4. The number of carboxylic acids is 1. The molecule has 0 spiro atoms. The maximum Gasteiger partial charge on any atom is 0.335 e. The first-order valence-electron chi connectivity index (χ1n) is 9.97. The zero-order valence-electron chi connectivity index (χ0n) is 17.3. The lowest BCUT2D eigenvalue weighted by molar-refractivity contribution is 0.0695. The Morgan fingerprint density at radius 1 is 1.12 bits per heavy atom. The number of ether oxygens (including phenoxy) is 1. The quantitative estimate of drug-likeness (QED) is 0.592. The van der Waals surface area contributed by atoms with Gasteiger partial charge in [0.2, 0.25) is 0 Å². The molecule has 2 heterocycles. The van der Waals surface area contributed by atoms with Gasteiger partial charge in [-0.15, -0.1) is 0 Å². The lowest BCUT2D eigenvalue weighted by Gasteiger charge is -2.09. The Hall–Kier alpha value is -4.20. The van der Waals surface area contributed by atoms with Crippen molar-refractivity contribution in [2.24, 2.45) is 5.16 Å². The van der Waals surface area contributed by atoms with E-state index in [1.54, 1.807) is 37.6 Å². The topological polar surface area (TPSA) is 110 Å². The van der Waals surface area contributed by atoms with Gasteiger partial charge in [-0.2, -0.15) is 0 Å². The van der Waals surface area contributed by atoms with Crippen LogP contribution in [0.3, 0.4) is 0 Å². The van der Waals surface area contributed by atoms with E-state index in [1.807, 2.05) is 24.3 Å². The molecular formula is C24H21N3O5. The molecule has 1 atom stereocenters. The van der Waals surface area contributed by atoms with Crippen LogP contribution in [0, 0.1) is 0 Å². The van der Waals surface area contributed by atoms with E-state index >= 15 is 0 Å². The molecule has 0 fully saturated rings. The Labute approximate surface area is 184 Å². The molecule has 1 aliphatic heterocycles. The first-order valence-corrected chi connectivity index (χ1v) is 9.97. The minimum atomic E-state index is -0.976. The number of hydrogen-bond acceptors (Lipinski definition) is 6. The van der Waals surface area contributed by atoms with Crippen molar-refractivity contribution >= 4 is 17.6 Å². The van der Waals surface area contributed by atoms with Gasteiger partial charge in [0.05, 0.1) is 18.4 Å². The van der Waals surface area contributed by atoms with E-state index in [1.165, 1.54) is 12.1 Å². The molecule has 1 aliphatic rings.